The van der Waals surface area contributed by atoms with Gasteiger partial charge in [0.1, 0.15) is 11.6 Å². The number of furan rings is 1. The Hall–Kier alpha value is -2.14. The molecule has 0 spiro atoms. The van der Waals surface area contributed by atoms with Gasteiger partial charge in [-0.25, -0.2) is 4.39 Å². The molecule has 4 nitrogen and oxygen atoms in total. The average Bonchev–Trinajstić information content (AvgIpc) is 3.24. The maximum Gasteiger partial charge on any atom is 0.219 e. The Balaban J connectivity index is 1.79. The fourth-order valence-corrected chi connectivity index (χ4v) is 4.07. The van der Waals surface area contributed by atoms with E-state index >= 15 is 0 Å². The lowest BCUT2D eigenvalue weighted by atomic mass is 9.88. The minimum Gasteiger partial charge on any atom is -0.468 e. The Kier molecular flexibility index (Phi) is 6.32. The van der Waals surface area contributed by atoms with E-state index in [4.69, 9.17) is 4.42 Å². The van der Waals surface area contributed by atoms with Crippen LogP contribution in [-0.4, -0.2) is 41.9 Å². The maximum atomic E-state index is 13.8. The van der Waals surface area contributed by atoms with Crippen molar-refractivity contribution < 1.29 is 13.6 Å². The third-order valence-corrected chi connectivity index (χ3v) is 5.24. The number of benzene rings is 1. The molecule has 0 N–H and O–H groups in total. The number of carbonyl (C=O) groups is 1. The Bertz CT molecular complexity index is 745. The summed E-state index contributed by atoms with van der Waals surface area (Å²) in [5.41, 5.74) is 1.01. The molecule has 0 saturated carbocycles. The fraction of sp³-hybridized carbons (Fsp3) is 0.500. The summed E-state index contributed by atoms with van der Waals surface area (Å²) in [6.07, 6.45) is 1.69. The van der Waals surface area contributed by atoms with Crippen molar-refractivity contribution >= 4 is 5.91 Å². The van der Waals surface area contributed by atoms with Gasteiger partial charge in [-0.2, -0.15) is 0 Å². The topological polar surface area (TPSA) is 36.7 Å². The summed E-state index contributed by atoms with van der Waals surface area (Å²) in [6, 6.07) is 10.8. The lowest BCUT2D eigenvalue weighted by Gasteiger charge is -2.29. The standard InChI is InChI=1S/C22H29FN2O2/c1-16(2)11-25(17(3)26)13-19-12-24(14-21-8-5-9-27-21)15-22(19)18-6-4-7-20(23)10-18/h4-10,16,19,22H,11-15H2,1-3H3/t19-,22-/m0/s1. The highest BCUT2D eigenvalue weighted by atomic mass is 19.1. The molecule has 0 unspecified atom stereocenters. The van der Waals surface area contributed by atoms with Crippen LogP contribution in [0.4, 0.5) is 4.39 Å². The van der Waals surface area contributed by atoms with Gasteiger partial charge in [-0.15, -0.1) is 0 Å². The average molecular weight is 372 g/mol. The molecule has 2 atom stereocenters. The van der Waals surface area contributed by atoms with E-state index in [2.05, 4.69) is 18.7 Å². The minimum atomic E-state index is -0.207. The van der Waals surface area contributed by atoms with Crippen molar-refractivity contribution in [3.63, 3.8) is 0 Å². The lowest BCUT2D eigenvalue weighted by molar-refractivity contribution is -0.130. The number of halogens is 1. The van der Waals surface area contributed by atoms with Crippen molar-refractivity contribution in [3.05, 3.63) is 59.8 Å². The summed E-state index contributed by atoms with van der Waals surface area (Å²) in [4.78, 5) is 16.4. The molecule has 0 radical (unpaired) electrons. The summed E-state index contributed by atoms with van der Waals surface area (Å²) in [7, 11) is 0. The molecule has 1 aromatic carbocycles. The van der Waals surface area contributed by atoms with E-state index in [1.54, 1.807) is 25.3 Å². The lowest BCUT2D eigenvalue weighted by Crippen LogP contribution is -2.38. The Morgan fingerprint density at radius 2 is 2.11 bits per heavy atom. The Morgan fingerprint density at radius 3 is 2.74 bits per heavy atom. The largest absolute Gasteiger partial charge is 0.468 e. The monoisotopic (exact) mass is 372 g/mol. The zero-order chi connectivity index (χ0) is 19.4. The van der Waals surface area contributed by atoms with Crippen LogP contribution in [0.5, 0.6) is 0 Å². The number of rotatable bonds is 7. The summed E-state index contributed by atoms with van der Waals surface area (Å²) in [5.74, 6) is 1.71. The van der Waals surface area contributed by atoms with Gasteiger partial charge in [-0.05, 0) is 41.7 Å². The van der Waals surface area contributed by atoms with Crippen LogP contribution in [0.25, 0.3) is 0 Å². The van der Waals surface area contributed by atoms with E-state index in [0.29, 0.717) is 12.5 Å². The zero-order valence-corrected chi connectivity index (χ0v) is 16.4. The van der Waals surface area contributed by atoms with Crippen molar-refractivity contribution in [1.82, 2.24) is 9.80 Å². The normalized spacial score (nSPS) is 20.3. The minimum absolute atomic E-state index is 0.103. The molecular weight excluding hydrogens is 343 g/mol. The van der Waals surface area contributed by atoms with Gasteiger partial charge in [0.2, 0.25) is 5.91 Å². The first-order chi connectivity index (χ1) is 12.9. The van der Waals surface area contributed by atoms with Gasteiger partial charge in [0.05, 0.1) is 12.8 Å². The van der Waals surface area contributed by atoms with Crippen molar-refractivity contribution in [2.45, 2.75) is 33.2 Å². The second kappa shape index (κ2) is 8.70. The maximum absolute atomic E-state index is 13.8. The van der Waals surface area contributed by atoms with Crippen molar-refractivity contribution in [2.75, 3.05) is 26.2 Å². The third-order valence-electron chi connectivity index (χ3n) is 5.24. The van der Waals surface area contributed by atoms with E-state index in [0.717, 1.165) is 37.5 Å². The predicted molar refractivity (Wildman–Crippen MR) is 104 cm³/mol. The van der Waals surface area contributed by atoms with E-state index in [9.17, 15) is 9.18 Å². The first-order valence-electron chi connectivity index (χ1n) is 9.68. The molecule has 0 bridgehead atoms. The molecule has 1 aromatic heterocycles. The molecule has 146 valence electrons. The SMILES string of the molecule is CC(=O)N(CC(C)C)C[C@@H]1CN(Cc2ccco2)C[C@H]1c1cccc(F)c1. The highest BCUT2D eigenvalue weighted by molar-refractivity contribution is 5.73. The van der Waals surface area contributed by atoms with Crippen LogP contribution in [0.15, 0.2) is 47.1 Å². The summed E-state index contributed by atoms with van der Waals surface area (Å²) in [6.45, 7) is 9.76. The summed E-state index contributed by atoms with van der Waals surface area (Å²) >= 11 is 0. The van der Waals surface area contributed by atoms with Crippen LogP contribution in [0.1, 0.15) is 38.0 Å². The molecule has 5 heteroatoms. The first kappa shape index (κ1) is 19.6. The molecule has 1 amide bonds. The number of hydrogen-bond donors (Lipinski definition) is 0. The van der Waals surface area contributed by atoms with Crippen molar-refractivity contribution in [1.29, 1.82) is 0 Å². The molecule has 2 heterocycles. The second-order valence-electron chi connectivity index (χ2n) is 8.01. The molecule has 1 fully saturated rings. The molecule has 27 heavy (non-hydrogen) atoms. The summed E-state index contributed by atoms with van der Waals surface area (Å²) < 4.78 is 19.3. The highest BCUT2D eigenvalue weighted by Crippen LogP contribution is 2.34. The molecule has 3 rings (SSSR count). The second-order valence-corrected chi connectivity index (χ2v) is 8.01. The van der Waals surface area contributed by atoms with Gasteiger partial charge >= 0.3 is 0 Å². The van der Waals surface area contributed by atoms with E-state index in [1.807, 2.05) is 23.1 Å². The van der Waals surface area contributed by atoms with Crippen molar-refractivity contribution in [2.24, 2.45) is 11.8 Å². The number of hydrogen-bond acceptors (Lipinski definition) is 3. The van der Waals surface area contributed by atoms with Gasteiger partial charge in [0.15, 0.2) is 0 Å². The fourth-order valence-electron chi connectivity index (χ4n) is 4.07. The van der Waals surface area contributed by atoms with Gasteiger partial charge in [0, 0.05) is 39.0 Å². The van der Waals surface area contributed by atoms with Crippen LogP contribution in [-0.2, 0) is 11.3 Å². The molecule has 0 aliphatic carbocycles. The van der Waals surface area contributed by atoms with E-state index < -0.39 is 0 Å². The van der Waals surface area contributed by atoms with Crippen LogP contribution >= 0.6 is 0 Å². The molecule has 1 aliphatic heterocycles. The quantitative estimate of drug-likeness (QED) is 0.733. The first-order valence-corrected chi connectivity index (χ1v) is 9.68. The van der Waals surface area contributed by atoms with Gasteiger partial charge in [0.25, 0.3) is 0 Å². The smallest absolute Gasteiger partial charge is 0.219 e. The van der Waals surface area contributed by atoms with Crippen LogP contribution in [0.2, 0.25) is 0 Å². The Morgan fingerprint density at radius 1 is 1.30 bits per heavy atom. The number of amides is 1. The van der Waals surface area contributed by atoms with Gasteiger partial charge in [-0.3, -0.25) is 9.69 Å². The Labute approximate surface area is 161 Å². The molecule has 1 saturated heterocycles. The van der Waals surface area contributed by atoms with Crippen LogP contribution < -0.4 is 0 Å². The summed E-state index contributed by atoms with van der Waals surface area (Å²) in [5, 5.41) is 0. The van der Waals surface area contributed by atoms with Gasteiger partial charge in [-0.1, -0.05) is 26.0 Å². The predicted octanol–water partition coefficient (Wildman–Crippen LogP) is 4.14. The van der Waals surface area contributed by atoms with E-state index in [1.165, 1.54) is 6.07 Å². The van der Waals surface area contributed by atoms with Crippen molar-refractivity contribution in [3.8, 4) is 0 Å². The molecular formula is C22H29FN2O2. The van der Waals surface area contributed by atoms with Crippen LogP contribution in [0.3, 0.4) is 0 Å². The highest BCUT2D eigenvalue weighted by Gasteiger charge is 2.35. The molecule has 1 aliphatic rings. The number of likely N-dealkylation sites (tertiary alicyclic amines) is 1. The van der Waals surface area contributed by atoms with Gasteiger partial charge < -0.3 is 9.32 Å². The molecule has 2 aromatic rings. The van der Waals surface area contributed by atoms with Crippen LogP contribution in [0, 0.1) is 17.7 Å². The van der Waals surface area contributed by atoms with E-state index in [-0.39, 0.29) is 23.6 Å². The number of nitrogens with zero attached hydrogens (tertiary/aromatic N) is 2. The number of carbonyl (C=O) groups excluding carboxylic acids is 1. The zero-order valence-electron chi connectivity index (χ0n) is 16.4. The third kappa shape index (κ3) is 5.19.